The van der Waals surface area contributed by atoms with Crippen molar-refractivity contribution in [2.75, 3.05) is 50.5 Å². The van der Waals surface area contributed by atoms with Crippen LogP contribution in [0, 0.1) is 6.92 Å². The van der Waals surface area contributed by atoms with Crippen molar-refractivity contribution in [1.82, 2.24) is 9.62 Å². The van der Waals surface area contributed by atoms with Crippen molar-refractivity contribution in [1.29, 1.82) is 0 Å². The van der Waals surface area contributed by atoms with Gasteiger partial charge in [0.2, 0.25) is 15.9 Å². The second-order valence-electron chi connectivity index (χ2n) is 7.42. The monoisotopic (exact) mass is 431 g/mol. The highest BCUT2D eigenvalue weighted by molar-refractivity contribution is 7.89. The Labute approximate surface area is 178 Å². The molecular weight excluding hydrogens is 402 g/mol. The number of carbonyl (C=O) groups is 1. The first kappa shape index (κ1) is 22.1. The number of hydrogen-bond donors (Lipinski definition) is 1. The lowest BCUT2D eigenvalue weighted by atomic mass is 10.1. The molecule has 7 nitrogen and oxygen atoms in total. The first-order chi connectivity index (χ1) is 14.4. The maximum absolute atomic E-state index is 12.6. The summed E-state index contributed by atoms with van der Waals surface area (Å²) in [6.45, 7) is 4.38. The van der Waals surface area contributed by atoms with E-state index in [9.17, 15) is 13.2 Å². The third kappa shape index (κ3) is 5.96. The van der Waals surface area contributed by atoms with Gasteiger partial charge < -0.3 is 15.0 Å². The minimum Gasteiger partial charge on any atom is -0.497 e. The number of piperazine rings is 1. The highest BCUT2D eigenvalue weighted by Crippen LogP contribution is 2.19. The predicted molar refractivity (Wildman–Crippen MR) is 118 cm³/mol. The number of benzene rings is 2. The minimum absolute atomic E-state index is 0.0915. The van der Waals surface area contributed by atoms with Gasteiger partial charge in [0.25, 0.3) is 0 Å². The smallest absolute Gasteiger partial charge is 0.224 e. The molecule has 2 aromatic rings. The fourth-order valence-electron chi connectivity index (χ4n) is 3.49. The number of amides is 1. The normalized spacial score (nSPS) is 15.1. The molecule has 2 aromatic carbocycles. The van der Waals surface area contributed by atoms with E-state index in [4.69, 9.17) is 4.74 Å². The predicted octanol–water partition coefficient (Wildman–Crippen LogP) is 1.81. The molecule has 0 atom stereocenters. The molecule has 3 rings (SSSR count). The van der Waals surface area contributed by atoms with Gasteiger partial charge in [0.15, 0.2) is 0 Å². The maximum Gasteiger partial charge on any atom is 0.224 e. The van der Waals surface area contributed by atoms with Gasteiger partial charge in [0, 0.05) is 38.4 Å². The van der Waals surface area contributed by atoms with Gasteiger partial charge in [-0.3, -0.25) is 4.79 Å². The topological polar surface area (TPSA) is 78.9 Å². The lowest BCUT2D eigenvalue weighted by molar-refractivity contribution is -0.120. The summed E-state index contributed by atoms with van der Waals surface area (Å²) in [7, 11) is -1.81. The number of rotatable bonds is 8. The molecule has 1 aliphatic heterocycles. The van der Waals surface area contributed by atoms with Crippen LogP contribution in [0.25, 0.3) is 0 Å². The van der Waals surface area contributed by atoms with Crippen molar-refractivity contribution < 1.29 is 17.9 Å². The number of methoxy groups -OCH3 is 1. The van der Waals surface area contributed by atoms with Crippen LogP contribution in [0.5, 0.6) is 5.75 Å². The molecule has 1 heterocycles. The fraction of sp³-hybridized carbons (Fsp3) is 0.409. The second-order valence-corrected chi connectivity index (χ2v) is 9.50. The molecule has 1 N–H and O–H groups in total. The van der Waals surface area contributed by atoms with Gasteiger partial charge in [-0.05, 0) is 42.3 Å². The van der Waals surface area contributed by atoms with E-state index in [1.54, 1.807) is 19.2 Å². The summed E-state index contributed by atoms with van der Waals surface area (Å²) >= 11 is 0. The van der Waals surface area contributed by atoms with Crippen LogP contribution < -0.4 is 15.0 Å². The zero-order valence-electron chi connectivity index (χ0n) is 17.5. The average molecular weight is 432 g/mol. The van der Waals surface area contributed by atoms with Crippen LogP contribution in [0.2, 0.25) is 0 Å². The number of nitrogens with zero attached hydrogens (tertiary/aromatic N) is 2. The van der Waals surface area contributed by atoms with Gasteiger partial charge in [-0.15, -0.1) is 0 Å². The van der Waals surface area contributed by atoms with Crippen LogP contribution >= 0.6 is 0 Å². The van der Waals surface area contributed by atoms with Gasteiger partial charge in [-0.25, -0.2) is 8.42 Å². The van der Waals surface area contributed by atoms with Crippen LogP contribution in [-0.4, -0.2) is 64.2 Å². The zero-order valence-corrected chi connectivity index (χ0v) is 18.3. The molecule has 0 radical (unpaired) electrons. The molecule has 0 saturated carbocycles. The van der Waals surface area contributed by atoms with Crippen molar-refractivity contribution in [3.63, 3.8) is 0 Å². The van der Waals surface area contributed by atoms with E-state index in [-0.39, 0.29) is 24.6 Å². The third-order valence-corrected chi connectivity index (χ3v) is 7.08. The molecular formula is C22H29N3O4S. The van der Waals surface area contributed by atoms with Crippen LogP contribution in [-0.2, 0) is 21.2 Å². The Morgan fingerprint density at radius 1 is 1.07 bits per heavy atom. The molecule has 0 aromatic heterocycles. The first-order valence-electron chi connectivity index (χ1n) is 10.1. The third-order valence-electron chi connectivity index (χ3n) is 5.20. The number of ether oxygens (including phenoxy) is 1. The highest BCUT2D eigenvalue weighted by atomic mass is 32.2. The van der Waals surface area contributed by atoms with Crippen molar-refractivity contribution in [3.05, 3.63) is 59.7 Å². The number of nitrogens with one attached hydrogen (secondary N) is 1. The molecule has 30 heavy (non-hydrogen) atoms. The molecule has 8 heteroatoms. The lowest BCUT2D eigenvalue weighted by Gasteiger charge is -2.35. The second kappa shape index (κ2) is 9.95. The quantitative estimate of drug-likeness (QED) is 0.690. The van der Waals surface area contributed by atoms with E-state index in [0.717, 1.165) is 17.0 Å². The SMILES string of the molecule is COc1ccc(CC(=O)NCCS(=O)(=O)N2CCN(c3cccc(C)c3)CC2)cc1. The Hall–Kier alpha value is -2.58. The molecule has 162 valence electrons. The summed E-state index contributed by atoms with van der Waals surface area (Å²) < 4.78 is 31.9. The Kier molecular flexibility index (Phi) is 7.33. The summed E-state index contributed by atoms with van der Waals surface area (Å²) in [5.74, 6) is 0.443. The molecule has 1 saturated heterocycles. The number of aryl methyl sites for hydroxylation is 1. The van der Waals surface area contributed by atoms with E-state index in [1.165, 1.54) is 9.87 Å². The Morgan fingerprint density at radius 3 is 2.40 bits per heavy atom. The molecule has 1 aliphatic rings. The molecule has 0 aliphatic carbocycles. The van der Waals surface area contributed by atoms with E-state index < -0.39 is 10.0 Å². The van der Waals surface area contributed by atoms with Gasteiger partial charge in [-0.2, -0.15) is 4.31 Å². The Balaban J connectivity index is 1.43. The van der Waals surface area contributed by atoms with E-state index in [1.807, 2.05) is 31.2 Å². The molecule has 0 spiro atoms. The van der Waals surface area contributed by atoms with Crippen LogP contribution in [0.15, 0.2) is 48.5 Å². The Bertz CT molecular complexity index is 953. The van der Waals surface area contributed by atoms with Crippen molar-refractivity contribution in [2.24, 2.45) is 0 Å². The zero-order chi connectivity index (χ0) is 21.6. The van der Waals surface area contributed by atoms with Crippen LogP contribution in [0.3, 0.4) is 0 Å². The number of sulfonamides is 1. The summed E-state index contributed by atoms with van der Waals surface area (Å²) in [5, 5.41) is 2.71. The largest absolute Gasteiger partial charge is 0.497 e. The number of carbonyl (C=O) groups excluding carboxylic acids is 1. The molecule has 1 amide bonds. The highest BCUT2D eigenvalue weighted by Gasteiger charge is 2.26. The van der Waals surface area contributed by atoms with E-state index in [2.05, 4.69) is 22.3 Å². The van der Waals surface area contributed by atoms with E-state index in [0.29, 0.717) is 26.2 Å². The first-order valence-corrected chi connectivity index (χ1v) is 11.7. The standard InChI is InChI=1S/C22H29N3O4S/c1-18-4-3-5-20(16-18)24-11-13-25(14-12-24)30(27,28)15-10-23-22(26)17-19-6-8-21(29-2)9-7-19/h3-9,16H,10-15,17H2,1-2H3,(H,23,26). The fourth-order valence-corrected chi connectivity index (χ4v) is 4.83. The van der Waals surface area contributed by atoms with Gasteiger partial charge in [-0.1, -0.05) is 24.3 Å². The van der Waals surface area contributed by atoms with Crippen LogP contribution in [0.1, 0.15) is 11.1 Å². The molecule has 0 unspecified atom stereocenters. The average Bonchev–Trinajstić information content (AvgIpc) is 2.74. The van der Waals surface area contributed by atoms with Gasteiger partial charge in [0.1, 0.15) is 5.75 Å². The van der Waals surface area contributed by atoms with Crippen molar-refractivity contribution >= 4 is 21.6 Å². The number of hydrogen-bond acceptors (Lipinski definition) is 5. The van der Waals surface area contributed by atoms with Crippen LogP contribution in [0.4, 0.5) is 5.69 Å². The number of anilines is 1. The summed E-state index contributed by atoms with van der Waals surface area (Å²) in [5.41, 5.74) is 3.16. The van der Waals surface area contributed by atoms with Crippen molar-refractivity contribution in [2.45, 2.75) is 13.3 Å². The van der Waals surface area contributed by atoms with Gasteiger partial charge >= 0.3 is 0 Å². The molecule has 1 fully saturated rings. The minimum atomic E-state index is -3.40. The Morgan fingerprint density at radius 2 is 1.77 bits per heavy atom. The van der Waals surface area contributed by atoms with E-state index >= 15 is 0 Å². The lowest BCUT2D eigenvalue weighted by Crippen LogP contribution is -2.50. The summed E-state index contributed by atoms with van der Waals surface area (Å²) in [4.78, 5) is 14.3. The maximum atomic E-state index is 12.6. The summed E-state index contributed by atoms with van der Waals surface area (Å²) in [6.07, 6.45) is 0.208. The molecule has 0 bridgehead atoms. The van der Waals surface area contributed by atoms with Gasteiger partial charge in [0.05, 0.1) is 19.3 Å². The summed E-state index contributed by atoms with van der Waals surface area (Å²) in [6, 6.07) is 15.5. The van der Waals surface area contributed by atoms with Crippen molar-refractivity contribution in [3.8, 4) is 5.75 Å².